The molecule has 1 amide bonds. The largest absolute Gasteiger partial charge is 0.497 e. The SMILES string of the molecule is CCN(CC(=O)NCc1ccc(OC)cc1)S(=O)(=O)c1ccc(F)cc1. The minimum atomic E-state index is -3.87. The van der Waals surface area contributed by atoms with E-state index in [1.807, 2.05) is 12.1 Å². The van der Waals surface area contributed by atoms with E-state index in [4.69, 9.17) is 4.74 Å². The Morgan fingerprint density at radius 2 is 1.73 bits per heavy atom. The fourth-order valence-electron chi connectivity index (χ4n) is 2.28. The van der Waals surface area contributed by atoms with Crippen LogP contribution in [0.1, 0.15) is 12.5 Å². The number of sulfonamides is 1. The molecule has 0 spiro atoms. The molecule has 0 fully saturated rings. The zero-order valence-electron chi connectivity index (χ0n) is 14.6. The highest BCUT2D eigenvalue weighted by Crippen LogP contribution is 2.16. The number of carbonyl (C=O) groups excluding carboxylic acids is 1. The molecule has 6 nitrogen and oxygen atoms in total. The van der Waals surface area contributed by atoms with E-state index in [9.17, 15) is 17.6 Å². The average Bonchev–Trinajstić information content (AvgIpc) is 2.65. The number of nitrogens with one attached hydrogen (secondary N) is 1. The zero-order valence-corrected chi connectivity index (χ0v) is 15.4. The van der Waals surface area contributed by atoms with Crippen molar-refractivity contribution in [1.29, 1.82) is 0 Å². The van der Waals surface area contributed by atoms with Gasteiger partial charge in [0.1, 0.15) is 11.6 Å². The lowest BCUT2D eigenvalue weighted by Gasteiger charge is -2.20. The van der Waals surface area contributed by atoms with Crippen molar-refractivity contribution in [3.63, 3.8) is 0 Å². The van der Waals surface area contributed by atoms with Crippen molar-refractivity contribution in [2.24, 2.45) is 0 Å². The molecular formula is C18H21FN2O4S. The molecule has 8 heteroatoms. The second-order valence-corrected chi connectivity index (χ2v) is 7.45. The molecule has 2 aromatic rings. The Hall–Kier alpha value is -2.45. The first kappa shape index (κ1) is 19.9. The highest BCUT2D eigenvalue weighted by Gasteiger charge is 2.25. The first-order valence-electron chi connectivity index (χ1n) is 8.02. The number of nitrogens with zero attached hydrogens (tertiary/aromatic N) is 1. The number of ether oxygens (including phenoxy) is 1. The number of rotatable bonds is 8. The van der Waals surface area contributed by atoms with Gasteiger partial charge in [-0.15, -0.1) is 0 Å². The third-order valence-electron chi connectivity index (χ3n) is 3.77. The van der Waals surface area contributed by atoms with Crippen LogP contribution in [0, 0.1) is 5.82 Å². The molecule has 0 saturated heterocycles. The van der Waals surface area contributed by atoms with Crippen molar-refractivity contribution in [3.8, 4) is 5.75 Å². The van der Waals surface area contributed by atoms with E-state index < -0.39 is 21.7 Å². The van der Waals surface area contributed by atoms with Crippen LogP contribution < -0.4 is 10.1 Å². The number of benzene rings is 2. The summed E-state index contributed by atoms with van der Waals surface area (Å²) in [5, 5.41) is 2.69. The van der Waals surface area contributed by atoms with Gasteiger partial charge in [0.15, 0.2) is 0 Å². The fraction of sp³-hybridized carbons (Fsp3) is 0.278. The highest BCUT2D eigenvalue weighted by atomic mass is 32.2. The second-order valence-electron chi connectivity index (χ2n) is 5.51. The molecule has 0 saturated carbocycles. The third kappa shape index (κ3) is 5.03. The molecular weight excluding hydrogens is 359 g/mol. The summed E-state index contributed by atoms with van der Waals surface area (Å²) in [5.74, 6) is -0.236. The minimum absolute atomic E-state index is 0.0521. The molecule has 0 aliphatic carbocycles. The topological polar surface area (TPSA) is 75.7 Å². The Morgan fingerprint density at radius 1 is 1.12 bits per heavy atom. The van der Waals surface area contributed by atoms with Crippen molar-refractivity contribution in [1.82, 2.24) is 9.62 Å². The van der Waals surface area contributed by atoms with Crippen molar-refractivity contribution in [3.05, 3.63) is 59.9 Å². The van der Waals surface area contributed by atoms with Crippen molar-refractivity contribution in [2.45, 2.75) is 18.4 Å². The van der Waals surface area contributed by atoms with Gasteiger partial charge in [0, 0.05) is 13.1 Å². The van der Waals surface area contributed by atoms with Crippen LogP contribution in [0.2, 0.25) is 0 Å². The summed E-state index contributed by atoms with van der Waals surface area (Å²) < 4.78 is 44.2. The predicted molar refractivity (Wildman–Crippen MR) is 95.7 cm³/mol. The number of likely N-dealkylation sites (N-methyl/N-ethyl adjacent to an activating group) is 1. The molecule has 1 N–H and O–H groups in total. The fourth-order valence-corrected chi connectivity index (χ4v) is 3.69. The van der Waals surface area contributed by atoms with Crippen LogP contribution in [0.4, 0.5) is 4.39 Å². The van der Waals surface area contributed by atoms with Crippen molar-refractivity contribution in [2.75, 3.05) is 20.2 Å². The van der Waals surface area contributed by atoms with Crippen LogP contribution in [0.5, 0.6) is 5.75 Å². The smallest absolute Gasteiger partial charge is 0.243 e. The summed E-state index contributed by atoms with van der Waals surface area (Å²) in [6.45, 7) is 1.72. The maximum absolute atomic E-state index is 13.0. The van der Waals surface area contributed by atoms with Gasteiger partial charge < -0.3 is 10.1 Å². The van der Waals surface area contributed by atoms with Crippen molar-refractivity contribution < 1.29 is 22.3 Å². The Labute approximate surface area is 152 Å². The molecule has 0 bridgehead atoms. The first-order chi connectivity index (χ1) is 12.4. The highest BCUT2D eigenvalue weighted by molar-refractivity contribution is 7.89. The number of methoxy groups -OCH3 is 1. The van der Waals surface area contributed by atoms with Crippen LogP contribution in [0.25, 0.3) is 0 Å². The molecule has 0 atom stereocenters. The normalized spacial score (nSPS) is 11.4. The lowest BCUT2D eigenvalue weighted by atomic mass is 10.2. The maximum atomic E-state index is 13.0. The maximum Gasteiger partial charge on any atom is 0.243 e. The van der Waals surface area contributed by atoms with E-state index in [-0.39, 0.29) is 24.5 Å². The molecule has 0 aliphatic heterocycles. The van der Waals surface area contributed by atoms with Gasteiger partial charge in [0.25, 0.3) is 0 Å². The van der Waals surface area contributed by atoms with Crippen LogP contribution in [0.3, 0.4) is 0 Å². The van der Waals surface area contributed by atoms with Gasteiger partial charge in [0.2, 0.25) is 15.9 Å². The number of hydrogen-bond donors (Lipinski definition) is 1. The number of halogens is 1. The van der Waals surface area contributed by atoms with E-state index in [0.717, 1.165) is 22.0 Å². The van der Waals surface area contributed by atoms with Gasteiger partial charge in [0.05, 0.1) is 18.6 Å². The Balaban J connectivity index is 1.99. The van der Waals surface area contributed by atoms with Gasteiger partial charge in [-0.3, -0.25) is 4.79 Å². The summed E-state index contributed by atoms with van der Waals surface area (Å²) in [6, 6.07) is 11.7. The number of carbonyl (C=O) groups is 1. The van der Waals surface area contributed by atoms with Crippen molar-refractivity contribution >= 4 is 15.9 Å². The lowest BCUT2D eigenvalue weighted by molar-refractivity contribution is -0.121. The first-order valence-corrected chi connectivity index (χ1v) is 9.46. The number of hydrogen-bond acceptors (Lipinski definition) is 4. The van der Waals surface area contributed by atoms with Crippen LogP contribution >= 0.6 is 0 Å². The summed E-state index contributed by atoms with van der Waals surface area (Å²) >= 11 is 0. The lowest BCUT2D eigenvalue weighted by Crippen LogP contribution is -2.40. The van der Waals surface area contributed by atoms with E-state index in [1.165, 1.54) is 12.1 Å². The molecule has 0 heterocycles. The molecule has 0 aliphatic rings. The van der Waals surface area contributed by atoms with Gasteiger partial charge in [-0.2, -0.15) is 4.31 Å². The molecule has 0 radical (unpaired) electrons. The summed E-state index contributed by atoms with van der Waals surface area (Å²) in [5.41, 5.74) is 0.864. The van der Waals surface area contributed by atoms with Gasteiger partial charge in [-0.25, -0.2) is 12.8 Å². The second kappa shape index (κ2) is 8.77. The molecule has 26 heavy (non-hydrogen) atoms. The third-order valence-corrected chi connectivity index (χ3v) is 5.71. The molecule has 0 unspecified atom stereocenters. The Bertz CT molecular complexity index is 836. The van der Waals surface area contributed by atoms with Crippen LogP contribution in [0.15, 0.2) is 53.4 Å². The minimum Gasteiger partial charge on any atom is -0.497 e. The Morgan fingerprint density at radius 3 is 2.27 bits per heavy atom. The van der Waals surface area contributed by atoms with E-state index in [2.05, 4.69) is 5.32 Å². The molecule has 2 rings (SSSR count). The summed E-state index contributed by atoms with van der Waals surface area (Å²) in [6.07, 6.45) is 0. The number of amides is 1. The van der Waals surface area contributed by atoms with E-state index >= 15 is 0 Å². The zero-order chi connectivity index (χ0) is 19.2. The summed E-state index contributed by atoms with van der Waals surface area (Å²) in [4.78, 5) is 12.1. The van der Waals surface area contributed by atoms with Gasteiger partial charge in [-0.05, 0) is 42.0 Å². The van der Waals surface area contributed by atoms with Gasteiger partial charge in [-0.1, -0.05) is 19.1 Å². The quantitative estimate of drug-likeness (QED) is 0.762. The van der Waals surface area contributed by atoms with Crippen LogP contribution in [-0.4, -0.2) is 38.8 Å². The summed E-state index contributed by atoms with van der Waals surface area (Å²) in [7, 11) is -2.30. The van der Waals surface area contributed by atoms with Crippen LogP contribution in [-0.2, 0) is 21.4 Å². The molecule has 140 valence electrons. The predicted octanol–water partition coefficient (Wildman–Crippen LogP) is 2.16. The van der Waals surface area contributed by atoms with E-state index in [0.29, 0.717) is 5.75 Å². The average molecular weight is 380 g/mol. The standard InChI is InChI=1S/C18H21FN2O4S/c1-3-21(26(23,24)17-10-6-15(19)7-11-17)13-18(22)20-12-14-4-8-16(25-2)9-5-14/h4-11H,3,12-13H2,1-2H3,(H,20,22). The Kier molecular flexibility index (Phi) is 6.70. The molecule has 2 aromatic carbocycles. The molecule has 0 aromatic heterocycles. The van der Waals surface area contributed by atoms with Gasteiger partial charge >= 0.3 is 0 Å². The monoisotopic (exact) mass is 380 g/mol. The van der Waals surface area contributed by atoms with E-state index in [1.54, 1.807) is 26.2 Å².